The predicted octanol–water partition coefficient (Wildman–Crippen LogP) is 3.84. The maximum atomic E-state index is 13.0. The van der Waals surface area contributed by atoms with Crippen LogP contribution in [0.5, 0.6) is 0 Å². The molecule has 0 bridgehead atoms. The highest BCUT2D eigenvalue weighted by atomic mass is 35.5. The molecule has 3 rings (SSSR count). The van der Waals surface area contributed by atoms with Crippen LogP contribution in [0.3, 0.4) is 0 Å². The highest BCUT2D eigenvalue weighted by Crippen LogP contribution is 2.20. The van der Waals surface area contributed by atoms with Crippen LogP contribution in [-0.2, 0) is 21.3 Å². The maximum Gasteiger partial charge on any atom is 0.338 e. The Bertz CT molecular complexity index is 934. The van der Waals surface area contributed by atoms with Crippen molar-refractivity contribution in [3.63, 3.8) is 0 Å². The molecule has 2 aromatic rings. The van der Waals surface area contributed by atoms with Crippen molar-refractivity contribution in [3.8, 4) is 0 Å². The molecule has 0 N–H and O–H groups in total. The molecule has 0 aliphatic carbocycles. The number of sulfonamides is 1. The van der Waals surface area contributed by atoms with Gasteiger partial charge in [-0.15, -0.1) is 12.4 Å². The number of carbonyl (C=O) groups is 1. The van der Waals surface area contributed by atoms with E-state index in [1.807, 2.05) is 24.3 Å². The van der Waals surface area contributed by atoms with Crippen LogP contribution in [0.25, 0.3) is 0 Å². The Kier molecular flexibility index (Phi) is 9.12. The van der Waals surface area contributed by atoms with E-state index in [9.17, 15) is 13.2 Å². The summed E-state index contributed by atoms with van der Waals surface area (Å²) >= 11 is 5.94. The summed E-state index contributed by atoms with van der Waals surface area (Å²) in [7, 11) is -3.60. The van der Waals surface area contributed by atoms with Gasteiger partial charge in [0.15, 0.2) is 0 Å². The third kappa shape index (κ3) is 6.18. The monoisotopic (exact) mass is 472 g/mol. The molecule has 0 spiro atoms. The molecule has 6 nitrogen and oxygen atoms in total. The maximum absolute atomic E-state index is 13.0. The number of nitrogens with zero attached hydrogens (tertiary/aromatic N) is 2. The molecule has 0 unspecified atom stereocenters. The number of benzene rings is 2. The molecule has 0 saturated carbocycles. The van der Waals surface area contributed by atoms with Gasteiger partial charge in [-0.05, 0) is 61.9 Å². The molecule has 1 saturated heterocycles. The van der Waals surface area contributed by atoms with Crippen molar-refractivity contribution in [1.82, 2.24) is 9.21 Å². The van der Waals surface area contributed by atoms with Crippen molar-refractivity contribution in [3.05, 3.63) is 64.7 Å². The Morgan fingerprint density at radius 1 is 1.00 bits per heavy atom. The normalized spacial score (nSPS) is 15.8. The first-order valence-electron chi connectivity index (χ1n) is 9.64. The summed E-state index contributed by atoms with van der Waals surface area (Å²) in [6.45, 7) is 5.15. The van der Waals surface area contributed by atoms with Crippen molar-refractivity contribution >= 4 is 40.0 Å². The highest BCUT2D eigenvalue weighted by Gasteiger charge is 2.27. The molecule has 9 heteroatoms. The average Bonchev–Trinajstić information content (AvgIpc) is 2.96. The summed E-state index contributed by atoms with van der Waals surface area (Å²) in [4.78, 5) is 14.2. The van der Waals surface area contributed by atoms with Gasteiger partial charge >= 0.3 is 5.97 Å². The Morgan fingerprint density at radius 3 is 2.30 bits per heavy atom. The molecule has 0 amide bonds. The van der Waals surface area contributed by atoms with Crippen molar-refractivity contribution in [1.29, 1.82) is 0 Å². The van der Waals surface area contributed by atoms with Crippen molar-refractivity contribution in [2.24, 2.45) is 0 Å². The molecule has 0 aromatic heterocycles. The summed E-state index contributed by atoms with van der Waals surface area (Å²) in [5.41, 5.74) is 1.50. The highest BCUT2D eigenvalue weighted by molar-refractivity contribution is 7.89. The van der Waals surface area contributed by atoms with Gasteiger partial charge in [0.2, 0.25) is 10.0 Å². The van der Waals surface area contributed by atoms with Gasteiger partial charge in [-0.3, -0.25) is 4.90 Å². The van der Waals surface area contributed by atoms with E-state index in [1.54, 1.807) is 6.92 Å². The largest absolute Gasteiger partial charge is 0.462 e. The van der Waals surface area contributed by atoms with E-state index in [4.69, 9.17) is 16.3 Å². The second-order valence-corrected chi connectivity index (χ2v) is 9.28. The fourth-order valence-electron chi connectivity index (χ4n) is 3.32. The summed E-state index contributed by atoms with van der Waals surface area (Å²) < 4.78 is 32.5. The SMILES string of the molecule is CCOC(=O)c1ccc(S(=O)(=O)N2CCCN(Cc3ccc(Cl)cc3)CC2)cc1.Cl. The number of ether oxygens (including phenoxy) is 1. The van der Waals surface area contributed by atoms with Crippen LogP contribution in [0, 0.1) is 0 Å². The molecule has 2 aromatic carbocycles. The summed E-state index contributed by atoms with van der Waals surface area (Å²) in [5, 5.41) is 0.705. The van der Waals surface area contributed by atoms with E-state index in [1.165, 1.54) is 28.6 Å². The lowest BCUT2D eigenvalue weighted by molar-refractivity contribution is 0.0526. The van der Waals surface area contributed by atoms with E-state index in [0.29, 0.717) is 30.2 Å². The van der Waals surface area contributed by atoms with Gasteiger partial charge in [-0.25, -0.2) is 13.2 Å². The van der Waals surface area contributed by atoms with E-state index in [2.05, 4.69) is 4.90 Å². The predicted molar refractivity (Wildman–Crippen MR) is 120 cm³/mol. The zero-order valence-corrected chi connectivity index (χ0v) is 19.2. The molecule has 1 heterocycles. The first kappa shape index (κ1) is 24.6. The summed E-state index contributed by atoms with van der Waals surface area (Å²) in [6, 6.07) is 13.7. The van der Waals surface area contributed by atoms with Gasteiger partial charge in [0.1, 0.15) is 0 Å². The number of hydrogen-bond acceptors (Lipinski definition) is 5. The standard InChI is InChI=1S/C21H25ClN2O4S.ClH/c1-2-28-21(25)18-6-10-20(11-7-18)29(26,27)24-13-3-12-23(14-15-24)16-17-4-8-19(22)9-5-17;/h4-11H,2-3,12-16H2,1H3;1H. The van der Waals surface area contributed by atoms with Crippen LogP contribution in [0.2, 0.25) is 5.02 Å². The molecule has 1 aliphatic heterocycles. The lowest BCUT2D eigenvalue weighted by Gasteiger charge is -2.22. The zero-order valence-electron chi connectivity index (χ0n) is 16.8. The molecular formula is C21H26Cl2N2O4S. The molecule has 1 aliphatic rings. The lowest BCUT2D eigenvalue weighted by Crippen LogP contribution is -2.35. The van der Waals surface area contributed by atoms with Crippen LogP contribution in [0.1, 0.15) is 29.3 Å². The van der Waals surface area contributed by atoms with Gasteiger partial charge in [0.05, 0.1) is 17.1 Å². The lowest BCUT2D eigenvalue weighted by atomic mass is 10.2. The Morgan fingerprint density at radius 2 is 1.67 bits per heavy atom. The van der Waals surface area contributed by atoms with Crippen LogP contribution in [-0.4, -0.2) is 56.4 Å². The fourth-order valence-corrected chi connectivity index (χ4v) is 4.92. The first-order valence-corrected chi connectivity index (χ1v) is 11.5. The molecule has 1 fully saturated rings. The van der Waals surface area contributed by atoms with Gasteiger partial charge < -0.3 is 4.74 Å². The van der Waals surface area contributed by atoms with Gasteiger partial charge in [-0.2, -0.15) is 4.31 Å². The minimum absolute atomic E-state index is 0. The van der Waals surface area contributed by atoms with Crippen LogP contribution in [0.4, 0.5) is 0 Å². The van der Waals surface area contributed by atoms with E-state index in [-0.39, 0.29) is 23.9 Å². The van der Waals surface area contributed by atoms with Crippen LogP contribution >= 0.6 is 24.0 Å². The van der Waals surface area contributed by atoms with E-state index in [0.717, 1.165) is 25.1 Å². The number of hydrogen-bond donors (Lipinski definition) is 0. The third-order valence-electron chi connectivity index (χ3n) is 4.87. The Labute approximate surface area is 189 Å². The van der Waals surface area contributed by atoms with Gasteiger partial charge in [-0.1, -0.05) is 23.7 Å². The Hall–Kier alpha value is -1.64. The zero-order chi connectivity index (χ0) is 20.9. The molecule has 0 radical (unpaired) electrons. The minimum atomic E-state index is -3.60. The second-order valence-electron chi connectivity index (χ2n) is 6.91. The van der Waals surface area contributed by atoms with Crippen LogP contribution in [0.15, 0.2) is 53.4 Å². The van der Waals surface area contributed by atoms with Crippen LogP contribution < -0.4 is 0 Å². The molecule has 164 valence electrons. The number of rotatable bonds is 6. The summed E-state index contributed by atoms with van der Waals surface area (Å²) in [5.74, 6) is -0.455. The molecule has 0 atom stereocenters. The van der Waals surface area contributed by atoms with E-state index >= 15 is 0 Å². The number of halogens is 2. The molecular weight excluding hydrogens is 447 g/mol. The van der Waals surface area contributed by atoms with Crippen molar-refractivity contribution in [2.75, 3.05) is 32.8 Å². The second kappa shape index (κ2) is 11.1. The van der Waals surface area contributed by atoms with E-state index < -0.39 is 16.0 Å². The topological polar surface area (TPSA) is 66.9 Å². The fraction of sp³-hybridized carbons (Fsp3) is 0.381. The smallest absolute Gasteiger partial charge is 0.338 e. The average molecular weight is 473 g/mol. The van der Waals surface area contributed by atoms with Gasteiger partial charge in [0, 0.05) is 31.2 Å². The number of esters is 1. The minimum Gasteiger partial charge on any atom is -0.462 e. The quantitative estimate of drug-likeness (QED) is 0.597. The summed E-state index contributed by atoms with van der Waals surface area (Å²) in [6.07, 6.45) is 0.758. The Balaban J connectivity index is 0.00000320. The van der Waals surface area contributed by atoms with Crippen molar-refractivity contribution < 1.29 is 17.9 Å². The molecule has 30 heavy (non-hydrogen) atoms. The van der Waals surface area contributed by atoms with Crippen molar-refractivity contribution in [2.45, 2.75) is 24.8 Å². The van der Waals surface area contributed by atoms with Gasteiger partial charge in [0.25, 0.3) is 0 Å². The number of carbonyl (C=O) groups excluding carboxylic acids is 1. The first-order chi connectivity index (χ1) is 13.9. The third-order valence-corrected chi connectivity index (χ3v) is 7.03.